The molecule has 1 aliphatic heterocycles. The van der Waals surface area contributed by atoms with Crippen molar-refractivity contribution in [1.82, 2.24) is 19.8 Å². The zero-order valence-corrected chi connectivity index (χ0v) is 17.4. The minimum atomic E-state index is 0.248. The Bertz CT molecular complexity index is 1250. The van der Waals surface area contributed by atoms with Crippen molar-refractivity contribution in [2.24, 2.45) is 0 Å². The Kier molecular flexibility index (Phi) is 3.98. The fourth-order valence-electron chi connectivity index (χ4n) is 4.47. The van der Waals surface area contributed by atoms with Gasteiger partial charge >= 0.3 is 0 Å². The van der Waals surface area contributed by atoms with E-state index in [9.17, 15) is 0 Å². The molecule has 2 aromatic heterocycles. The van der Waals surface area contributed by atoms with Gasteiger partial charge in [-0.3, -0.25) is 0 Å². The lowest BCUT2D eigenvalue weighted by molar-refractivity contribution is 0.687. The Morgan fingerprint density at radius 1 is 1.03 bits per heavy atom. The Balaban J connectivity index is 1.72. The third-order valence-corrected chi connectivity index (χ3v) is 5.91. The van der Waals surface area contributed by atoms with Crippen LogP contribution in [0, 0.1) is 13.8 Å². The van der Waals surface area contributed by atoms with Crippen LogP contribution < -0.4 is 10.6 Å². The van der Waals surface area contributed by atoms with Crippen LogP contribution in [0.1, 0.15) is 47.8 Å². The lowest BCUT2D eigenvalue weighted by Gasteiger charge is -2.31. The van der Waals surface area contributed by atoms with E-state index < -0.39 is 0 Å². The van der Waals surface area contributed by atoms with Gasteiger partial charge in [-0.2, -0.15) is 4.52 Å². The highest BCUT2D eigenvalue weighted by molar-refractivity contribution is 6.00. The first kappa shape index (κ1) is 17.9. The SMILES string of the molecule is Cc1ccc2c(c1)c(N1CCc3c(C)cc(N)cc3C1)nn1c(C(C)C)nnc21. The molecule has 0 unspecified atom stereocenters. The highest BCUT2D eigenvalue weighted by Gasteiger charge is 2.24. The fourth-order valence-corrected chi connectivity index (χ4v) is 4.47. The number of nitrogens with zero attached hydrogens (tertiary/aromatic N) is 5. The number of nitrogen functional groups attached to an aromatic ring is 1. The number of benzene rings is 2. The molecule has 5 rings (SSSR count). The first-order valence-electron chi connectivity index (χ1n) is 10.2. The van der Waals surface area contributed by atoms with Gasteiger partial charge in [0.25, 0.3) is 0 Å². The van der Waals surface area contributed by atoms with Gasteiger partial charge in [-0.15, -0.1) is 15.3 Å². The van der Waals surface area contributed by atoms with E-state index in [4.69, 9.17) is 10.8 Å². The molecule has 2 N–H and O–H groups in total. The molecular formula is C23H26N6. The Morgan fingerprint density at radius 2 is 1.86 bits per heavy atom. The van der Waals surface area contributed by atoms with E-state index in [-0.39, 0.29) is 5.92 Å². The van der Waals surface area contributed by atoms with Gasteiger partial charge in [-0.25, -0.2) is 0 Å². The van der Waals surface area contributed by atoms with Crippen molar-refractivity contribution in [1.29, 1.82) is 0 Å². The molecule has 0 bridgehead atoms. The maximum atomic E-state index is 6.14. The van der Waals surface area contributed by atoms with Crippen molar-refractivity contribution >= 4 is 27.9 Å². The summed E-state index contributed by atoms with van der Waals surface area (Å²) in [5, 5.41) is 16.2. The van der Waals surface area contributed by atoms with Crippen LogP contribution in [-0.2, 0) is 13.0 Å². The van der Waals surface area contributed by atoms with Crippen molar-refractivity contribution in [3.05, 3.63) is 58.4 Å². The van der Waals surface area contributed by atoms with Gasteiger partial charge in [0, 0.05) is 35.5 Å². The van der Waals surface area contributed by atoms with Crippen molar-refractivity contribution < 1.29 is 0 Å². The minimum absolute atomic E-state index is 0.248. The zero-order valence-electron chi connectivity index (χ0n) is 17.4. The lowest BCUT2D eigenvalue weighted by Crippen LogP contribution is -2.32. The van der Waals surface area contributed by atoms with Gasteiger partial charge < -0.3 is 10.6 Å². The predicted octanol–water partition coefficient (Wildman–Crippen LogP) is 4.16. The number of aryl methyl sites for hydroxylation is 2. The summed E-state index contributed by atoms with van der Waals surface area (Å²) >= 11 is 0. The smallest absolute Gasteiger partial charge is 0.185 e. The summed E-state index contributed by atoms with van der Waals surface area (Å²) in [5.41, 5.74) is 13.0. The van der Waals surface area contributed by atoms with Crippen molar-refractivity contribution in [2.45, 2.75) is 46.6 Å². The Labute approximate surface area is 170 Å². The molecule has 0 aliphatic carbocycles. The molecule has 148 valence electrons. The normalized spacial score (nSPS) is 14.2. The summed E-state index contributed by atoms with van der Waals surface area (Å²) < 4.78 is 1.93. The molecule has 0 saturated carbocycles. The van der Waals surface area contributed by atoms with Gasteiger partial charge in [0.05, 0.1) is 0 Å². The van der Waals surface area contributed by atoms with Crippen LogP contribution in [-0.4, -0.2) is 26.4 Å². The van der Waals surface area contributed by atoms with Gasteiger partial charge in [-0.05, 0) is 55.2 Å². The standard InChI is InChI=1S/C23H26N6/c1-13(2)21-25-26-22-19-6-5-14(3)9-20(19)23(27-29(21)22)28-8-7-18-15(4)10-17(24)11-16(18)12-28/h5-6,9-11,13H,7-8,12,24H2,1-4H3. The Hall–Kier alpha value is -3.15. The van der Waals surface area contributed by atoms with E-state index in [1.165, 1.54) is 22.3 Å². The molecule has 6 nitrogen and oxygen atoms in total. The van der Waals surface area contributed by atoms with Gasteiger partial charge in [0.2, 0.25) is 0 Å². The molecule has 0 atom stereocenters. The molecule has 3 heterocycles. The molecule has 4 aromatic rings. The first-order chi connectivity index (χ1) is 13.9. The number of nitrogens with two attached hydrogens (primary N) is 1. The number of anilines is 2. The van der Waals surface area contributed by atoms with E-state index in [2.05, 4.69) is 73.1 Å². The van der Waals surface area contributed by atoms with Crippen LogP contribution in [0.4, 0.5) is 11.5 Å². The monoisotopic (exact) mass is 386 g/mol. The minimum Gasteiger partial charge on any atom is -0.399 e. The van der Waals surface area contributed by atoms with Gasteiger partial charge in [-0.1, -0.05) is 31.5 Å². The molecule has 1 aliphatic rings. The van der Waals surface area contributed by atoms with E-state index in [0.717, 1.165) is 53.3 Å². The zero-order chi connectivity index (χ0) is 20.3. The predicted molar refractivity (Wildman–Crippen MR) is 117 cm³/mol. The first-order valence-corrected chi connectivity index (χ1v) is 10.2. The van der Waals surface area contributed by atoms with Crippen LogP contribution in [0.3, 0.4) is 0 Å². The van der Waals surface area contributed by atoms with Crippen molar-refractivity contribution in [3.63, 3.8) is 0 Å². The maximum absolute atomic E-state index is 6.14. The third-order valence-electron chi connectivity index (χ3n) is 5.91. The Morgan fingerprint density at radius 3 is 2.66 bits per heavy atom. The lowest BCUT2D eigenvalue weighted by atomic mass is 9.94. The molecule has 0 saturated heterocycles. The summed E-state index contributed by atoms with van der Waals surface area (Å²) in [4.78, 5) is 2.37. The number of rotatable bonds is 2. The molecule has 0 radical (unpaired) electrons. The molecule has 6 heteroatoms. The summed E-state index contributed by atoms with van der Waals surface area (Å²) in [6.45, 7) is 10.3. The molecule has 0 spiro atoms. The molecule has 2 aromatic carbocycles. The van der Waals surface area contributed by atoms with Crippen LogP contribution in [0.15, 0.2) is 30.3 Å². The molecule has 29 heavy (non-hydrogen) atoms. The van der Waals surface area contributed by atoms with Gasteiger partial charge in [0.15, 0.2) is 17.3 Å². The van der Waals surface area contributed by atoms with E-state index >= 15 is 0 Å². The quantitative estimate of drug-likeness (QED) is 0.524. The summed E-state index contributed by atoms with van der Waals surface area (Å²) in [6.07, 6.45) is 0.994. The van der Waals surface area contributed by atoms with Crippen molar-refractivity contribution in [2.75, 3.05) is 17.2 Å². The highest BCUT2D eigenvalue weighted by Crippen LogP contribution is 2.33. The number of fused-ring (bicyclic) bond motifs is 4. The van der Waals surface area contributed by atoms with Crippen LogP contribution >= 0.6 is 0 Å². The van der Waals surface area contributed by atoms with Crippen LogP contribution in [0.5, 0.6) is 0 Å². The van der Waals surface area contributed by atoms with E-state index in [1.54, 1.807) is 0 Å². The fraction of sp³-hybridized carbons (Fsp3) is 0.348. The second kappa shape index (κ2) is 6.44. The number of hydrogen-bond donors (Lipinski definition) is 1. The van der Waals surface area contributed by atoms with E-state index in [1.807, 2.05) is 4.52 Å². The average molecular weight is 387 g/mol. The topological polar surface area (TPSA) is 72.3 Å². The molecular weight excluding hydrogens is 360 g/mol. The second-order valence-electron chi connectivity index (χ2n) is 8.47. The average Bonchev–Trinajstić information content (AvgIpc) is 3.10. The van der Waals surface area contributed by atoms with E-state index in [0.29, 0.717) is 0 Å². The molecule has 0 fully saturated rings. The third kappa shape index (κ3) is 2.82. The van der Waals surface area contributed by atoms with Crippen molar-refractivity contribution in [3.8, 4) is 0 Å². The number of aromatic nitrogens is 4. The summed E-state index contributed by atoms with van der Waals surface area (Å²) in [6, 6.07) is 10.7. The largest absolute Gasteiger partial charge is 0.399 e. The summed E-state index contributed by atoms with van der Waals surface area (Å²) in [5.74, 6) is 2.13. The maximum Gasteiger partial charge on any atom is 0.185 e. The number of hydrogen-bond acceptors (Lipinski definition) is 5. The van der Waals surface area contributed by atoms with Crippen LogP contribution in [0.25, 0.3) is 16.4 Å². The molecule has 0 amide bonds. The van der Waals surface area contributed by atoms with Crippen LogP contribution in [0.2, 0.25) is 0 Å². The summed E-state index contributed by atoms with van der Waals surface area (Å²) in [7, 11) is 0. The second-order valence-corrected chi connectivity index (χ2v) is 8.47. The van der Waals surface area contributed by atoms with Gasteiger partial charge in [0.1, 0.15) is 0 Å². The highest BCUT2D eigenvalue weighted by atomic mass is 15.4.